The summed E-state index contributed by atoms with van der Waals surface area (Å²) in [6, 6.07) is 0.194. The molecule has 0 spiro atoms. The van der Waals surface area contributed by atoms with Crippen LogP contribution in [-0.4, -0.2) is 12.6 Å². The standard InChI is InChI=1S/C12H19NO/c13-12(11-2-1-5-14-11)9-4-3-8-6-10(8)7-9/h2,8-10,12H,1,3-7,13H2. The average Bonchev–Trinajstić information content (AvgIpc) is 2.78. The molecule has 2 N–H and O–H groups in total. The van der Waals surface area contributed by atoms with Gasteiger partial charge in [0, 0.05) is 6.42 Å². The van der Waals surface area contributed by atoms with Gasteiger partial charge in [-0.1, -0.05) is 0 Å². The van der Waals surface area contributed by atoms with E-state index in [0.717, 1.165) is 30.6 Å². The summed E-state index contributed by atoms with van der Waals surface area (Å²) < 4.78 is 5.55. The topological polar surface area (TPSA) is 35.2 Å². The van der Waals surface area contributed by atoms with E-state index in [-0.39, 0.29) is 6.04 Å². The Morgan fingerprint density at radius 1 is 1.29 bits per heavy atom. The first-order chi connectivity index (χ1) is 6.84. The van der Waals surface area contributed by atoms with Gasteiger partial charge in [0.15, 0.2) is 0 Å². The zero-order valence-electron chi connectivity index (χ0n) is 8.61. The summed E-state index contributed by atoms with van der Waals surface area (Å²) in [5.41, 5.74) is 6.24. The molecule has 1 aliphatic heterocycles. The van der Waals surface area contributed by atoms with Crippen LogP contribution in [0.4, 0.5) is 0 Å². The van der Waals surface area contributed by atoms with Crippen LogP contribution >= 0.6 is 0 Å². The fourth-order valence-electron chi connectivity index (χ4n) is 3.12. The molecule has 2 heteroatoms. The van der Waals surface area contributed by atoms with Gasteiger partial charge in [0.25, 0.3) is 0 Å². The van der Waals surface area contributed by atoms with Gasteiger partial charge in [-0.25, -0.2) is 0 Å². The maximum absolute atomic E-state index is 6.24. The SMILES string of the molecule is NC(C1=CCCO1)C1CCC2CC2C1. The summed E-state index contributed by atoms with van der Waals surface area (Å²) >= 11 is 0. The lowest BCUT2D eigenvalue weighted by molar-refractivity contribution is 0.190. The fraction of sp³-hybridized carbons (Fsp3) is 0.833. The summed E-state index contributed by atoms with van der Waals surface area (Å²) in [6.45, 7) is 0.849. The van der Waals surface area contributed by atoms with Gasteiger partial charge < -0.3 is 10.5 Å². The molecule has 0 radical (unpaired) electrons. The molecule has 0 aromatic rings. The van der Waals surface area contributed by atoms with Crippen LogP contribution in [0.5, 0.6) is 0 Å². The Kier molecular flexibility index (Phi) is 2.05. The molecule has 2 nitrogen and oxygen atoms in total. The normalized spacial score (nSPS) is 42.4. The summed E-state index contributed by atoms with van der Waals surface area (Å²) in [5.74, 6) is 3.86. The molecule has 3 rings (SSSR count). The minimum Gasteiger partial charge on any atom is -0.496 e. The van der Waals surface area contributed by atoms with Gasteiger partial charge in [-0.05, 0) is 49.5 Å². The number of hydrogen-bond donors (Lipinski definition) is 1. The number of hydrogen-bond acceptors (Lipinski definition) is 2. The maximum atomic E-state index is 6.24. The molecule has 4 atom stereocenters. The van der Waals surface area contributed by atoms with Gasteiger partial charge in [-0.2, -0.15) is 0 Å². The second kappa shape index (κ2) is 3.27. The molecule has 2 saturated carbocycles. The van der Waals surface area contributed by atoms with Crippen molar-refractivity contribution in [1.29, 1.82) is 0 Å². The van der Waals surface area contributed by atoms with Gasteiger partial charge in [0.1, 0.15) is 5.76 Å². The number of fused-ring (bicyclic) bond motifs is 1. The molecule has 0 aromatic heterocycles. The lowest BCUT2D eigenvalue weighted by Gasteiger charge is -2.27. The Hall–Kier alpha value is -0.500. The van der Waals surface area contributed by atoms with E-state index in [4.69, 9.17) is 10.5 Å². The zero-order valence-corrected chi connectivity index (χ0v) is 8.61. The molecule has 2 aliphatic carbocycles. The van der Waals surface area contributed by atoms with E-state index < -0.39 is 0 Å². The van der Waals surface area contributed by atoms with Crippen LogP contribution in [0.1, 0.15) is 32.1 Å². The Labute approximate surface area is 85.5 Å². The van der Waals surface area contributed by atoms with Gasteiger partial charge >= 0.3 is 0 Å². The summed E-state index contributed by atoms with van der Waals surface area (Å²) in [4.78, 5) is 0. The van der Waals surface area contributed by atoms with Crippen molar-refractivity contribution in [1.82, 2.24) is 0 Å². The van der Waals surface area contributed by atoms with Crippen LogP contribution in [0, 0.1) is 17.8 Å². The largest absolute Gasteiger partial charge is 0.496 e. The van der Waals surface area contributed by atoms with Crippen LogP contribution in [0.3, 0.4) is 0 Å². The molecule has 0 amide bonds. The van der Waals surface area contributed by atoms with Crippen molar-refractivity contribution < 1.29 is 4.74 Å². The molecule has 14 heavy (non-hydrogen) atoms. The van der Waals surface area contributed by atoms with E-state index in [9.17, 15) is 0 Å². The molecular weight excluding hydrogens is 174 g/mol. The Morgan fingerprint density at radius 2 is 2.21 bits per heavy atom. The molecule has 0 bridgehead atoms. The van der Waals surface area contributed by atoms with Crippen molar-refractivity contribution in [3.05, 3.63) is 11.8 Å². The highest BCUT2D eigenvalue weighted by atomic mass is 16.5. The van der Waals surface area contributed by atoms with Gasteiger partial charge in [-0.15, -0.1) is 0 Å². The summed E-state index contributed by atoms with van der Waals surface area (Å²) in [5, 5.41) is 0. The van der Waals surface area contributed by atoms with Crippen LogP contribution < -0.4 is 5.73 Å². The van der Waals surface area contributed by atoms with Gasteiger partial charge in [0.05, 0.1) is 12.6 Å². The predicted molar refractivity (Wildman–Crippen MR) is 55.6 cm³/mol. The minimum atomic E-state index is 0.194. The highest BCUT2D eigenvalue weighted by molar-refractivity contribution is 5.10. The number of nitrogens with two attached hydrogens (primary N) is 1. The molecular formula is C12H19NO. The monoisotopic (exact) mass is 193 g/mol. The lowest BCUT2D eigenvalue weighted by Crippen LogP contribution is -2.34. The summed E-state index contributed by atoms with van der Waals surface area (Å²) in [6.07, 6.45) is 8.81. The molecule has 78 valence electrons. The summed E-state index contributed by atoms with van der Waals surface area (Å²) in [7, 11) is 0. The van der Waals surface area contributed by atoms with Crippen molar-refractivity contribution in [2.75, 3.05) is 6.61 Å². The lowest BCUT2D eigenvalue weighted by atomic mass is 9.83. The second-order valence-corrected chi connectivity index (χ2v) is 5.10. The van der Waals surface area contributed by atoms with Crippen LogP contribution in [-0.2, 0) is 4.74 Å². The third-order valence-corrected chi connectivity index (χ3v) is 4.15. The molecule has 0 saturated heterocycles. The highest BCUT2D eigenvalue weighted by Crippen LogP contribution is 2.52. The quantitative estimate of drug-likeness (QED) is 0.728. The third kappa shape index (κ3) is 1.46. The third-order valence-electron chi connectivity index (χ3n) is 4.15. The van der Waals surface area contributed by atoms with Crippen molar-refractivity contribution in [3.63, 3.8) is 0 Å². The van der Waals surface area contributed by atoms with Crippen LogP contribution in [0.15, 0.2) is 11.8 Å². The van der Waals surface area contributed by atoms with E-state index in [1.165, 1.54) is 25.7 Å². The molecule has 2 fully saturated rings. The fourth-order valence-corrected chi connectivity index (χ4v) is 3.12. The van der Waals surface area contributed by atoms with Crippen molar-refractivity contribution >= 4 is 0 Å². The van der Waals surface area contributed by atoms with E-state index >= 15 is 0 Å². The molecule has 4 unspecified atom stereocenters. The average molecular weight is 193 g/mol. The number of rotatable bonds is 2. The van der Waals surface area contributed by atoms with Crippen molar-refractivity contribution in [3.8, 4) is 0 Å². The first-order valence-corrected chi connectivity index (χ1v) is 5.93. The highest BCUT2D eigenvalue weighted by Gasteiger charge is 2.44. The smallest absolute Gasteiger partial charge is 0.109 e. The van der Waals surface area contributed by atoms with Gasteiger partial charge in [0.2, 0.25) is 0 Å². The van der Waals surface area contributed by atoms with Crippen molar-refractivity contribution in [2.45, 2.75) is 38.1 Å². The Bertz CT molecular complexity index is 261. The predicted octanol–water partition coefficient (Wildman–Crippen LogP) is 2.05. The van der Waals surface area contributed by atoms with Crippen LogP contribution in [0.25, 0.3) is 0 Å². The van der Waals surface area contributed by atoms with E-state index in [2.05, 4.69) is 6.08 Å². The Balaban J connectivity index is 1.63. The van der Waals surface area contributed by atoms with Gasteiger partial charge in [-0.3, -0.25) is 0 Å². The Morgan fingerprint density at radius 3 is 2.93 bits per heavy atom. The molecule has 0 aromatic carbocycles. The van der Waals surface area contributed by atoms with E-state index in [1.54, 1.807) is 0 Å². The number of ether oxygens (including phenoxy) is 1. The second-order valence-electron chi connectivity index (χ2n) is 5.10. The first kappa shape index (κ1) is 8.78. The van der Waals surface area contributed by atoms with E-state index in [0.29, 0.717) is 5.92 Å². The zero-order chi connectivity index (χ0) is 9.54. The maximum Gasteiger partial charge on any atom is 0.109 e. The van der Waals surface area contributed by atoms with Crippen molar-refractivity contribution in [2.24, 2.45) is 23.5 Å². The molecule has 3 aliphatic rings. The first-order valence-electron chi connectivity index (χ1n) is 5.93. The van der Waals surface area contributed by atoms with Crippen LogP contribution in [0.2, 0.25) is 0 Å². The minimum absolute atomic E-state index is 0.194. The van der Waals surface area contributed by atoms with E-state index in [1.807, 2.05) is 0 Å². The molecule has 1 heterocycles.